The van der Waals surface area contributed by atoms with Crippen molar-refractivity contribution in [2.75, 3.05) is 13.2 Å². The molecule has 0 aromatic heterocycles. The lowest BCUT2D eigenvalue weighted by atomic mass is 10.0. The van der Waals surface area contributed by atoms with Gasteiger partial charge in [0.25, 0.3) is 0 Å². The Kier molecular flexibility index (Phi) is 55.5. The molecule has 1 amide bonds. The SMILES string of the molecule is CCCCCCCCC/C=C\CCCCCCCC(=O)OCCCCCC/C=C\CCCC(=O)NC(CO)C(O)CCCCCCCCCCCCCCCCCCCCCCCCCCC. The molecule has 0 radical (unpaired) electrons. The second kappa shape index (κ2) is 56.9. The molecule has 3 N–H and O–H groups in total. The molecule has 0 fully saturated rings. The molecular weight excluding hydrogens is 827 g/mol. The third kappa shape index (κ3) is 53.5. The van der Waals surface area contributed by atoms with Gasteiger partial charge < -0.3 is 20.3 Å². The maximum atomic E-state index is 12.5. The van der Waals surface area contributed by atoms with Gasteiger partial charge in [0.1, 0.15) is 0 Å². The average Bonchev–Trinajstić information content (AvgIpc) is 3.33. The zero-order valence-electron chi connectivity index (χ0n) is 45.1. The first-order valence-corrected chi connectivity index (χ1v) is 30.1. The lowest BCUT2D eigenvalue weighted by molar-refractivity contribution is -0.143. The van der Waals surface area contributed by atoms with E-state index < -0.39 is 12.1 Å². The van der Waals surface area contributed by atoms with Crippen LogP contribution < -0.4 is 5.32 Å². The number of unbranched alkanes of at least 4 members (excludes halogenated alkanes) is 41. The van der Waals surface area contributed by atoms with Crippen LogP contribution in [0.25, 0.3) is 0 Å². The van der Waals surface area contributed by atoms with Crippen LogP contribution in [0.15, 0.2) is 24.3 Å². The fraction of sp³-hybridized carbons (Fsp3) is 0.902. The zero-order chi connectivity index (χ0) is 48.6. The van der Waals surface area contributed by atoms with Crippen LogP contribution in [0, 0.1) is 0 Å². The normalized spacial score (nSPS) is 12.7. The standard InChI is InChI=1S/C61H117NO5/c1-3-5-7-9-11-13-15-17-19-21-22-23-24-25-26-27-28-29-30-32-34-37-41-45-49-53-59(64)58(57-63)62-60(65)54-50-46-42-38-36-40-44-48-52-56-67-61(66)55-51-47-43-39-35-33-31-20-18-16-14-12-10-8-6-4-2/h20,31,38,42,58-59,63-64H,3-19,21-30,32-37,39-41,43-57H2,1-2H3,(H,62,65)/b31-20-,42-38-. The summed E-state index contributed by atoms with van der Waals surface area (Å²) in [6, 6.07) is -0.581. The van der Waals surface area contributed by atoms with E-state index in [1.54, 1.807) is 0 Å². The lowest BCUT2D eigenvalue weighted by Crippen LogP contribution is -2.45. The summed E-state index contributed by atoms with van der Waals surface area (Å²) in [6.45, 7) is 4.88. The van der Waals surface area contributed by atoms with Crippen LogP contribution in [0.5, 0.6) is 0 Å². The quantitative estimate of drug-likeness (QED) is 0.0321. The highest BCUT2D eigenvalue weighted by Crippen LogP contribution is 2.18. The fourth-order valence-corrected chi connectivity index (χ4v) is 9.35. The maximum Gasteiger partial charge on any atom is 0.305 e. The molecule has 396 valence electrons. The zero-order valence-corrected chi connectivity index (χ0v) is 45.1. The van der Waals surface area contributed by atoms with Crippen LogP contribution in [0.4, 0.5) is 0 Å². The first-order chi connectivity index (χ1) is 33.0. The first-order valence-electron chi connectivity index (χ1n) is 30.1. The summed E-state index contributed by atoms with van der Waals surface area (Å²) in [5, 5.41) is 23.3. The number of amides is 1. The molecule has 0 aliphatic heterocycles. The Morgan fingerprint density at radius 2 is 0.716 bits per heavy atom. The number of carbonyl (C=O) groups excluding carboxylic acids is 2. The van der Waals surface area contributed by atoms with Gasteiger partial charge in [0.15, 0.2) is 0 Å². The molecule has 0 saturated carbocycles. The molecule has 67 heavy (non-hydrogen) atoms. The molecule has 0 aromatic carbocycles. The van der Waals surface area contributed by atoms with Crippen molar-refractivity contribution in [3.63, 3.8) is 0 Å². The molecule has 0 aliphatic rings. The number of allylic oxidation sites excluding steroid dienone is 4. The predicted octanol–water partition coefficient (Wildman–Crippen LogP) is 18.6. The summed E-state index contributed by atoms with van der Waals surface area (Å²) >= 11 is 0. The number of ether oxygens (including phenoxy) is 1. The molecule has 6 nitrogen and oxygen atoms in total. The Morgan fingerprint density at radius 1 is 0.403 bits per heavy atom. The molecular formula is C61H117NO5. The molecule has 0 aliphatic carbocycles. The molecule has 0 bridgehead atoms. The van der Waals surface area contributed by atoms with E-state index in [9.17, 15) is 19.8 Å². The highest BCUT2D eigenvalue weighted by atomic mass is 16.5. The average molecular weight is 945 g/mol. The molecule has 0 aromatic rings. The molecule has 0 rings (SSSR count). The van der Waals surface area contributed by atoms with Crippen LogP contribution in [0.3, 0.4) is 0 Å². The first kappa shape index (κ1) is 65.3. The number of carbonyl (C=O) groups is 2. The minimum absolute atomic E-state index is 0.0419. The number of nitrogens with one attached hydrogen (secondary N) is 1. The minimum atomic E-state index is -0.697. The molecule has 2 atom stereocenters. The van der Waals surface area contributed by atoms with E-state index in [1.165, 1.54) is 225 Å². The summed E-state index contributed by atoms with van der Waals surface area (Å²) in [6.07, 6.45) is 69.0. The fourth-order valence-electron chi connectivity index (χ4n) is 9.35. The Bertz CT molecular complexity index is 1040. The van der Waals surface area contributed by atoms with Crippen LogP contribution in [-0.2, 0) is 14.3 Å². The van der Waals surface area contributed by atoms with Crippen molar-refractivity contribution >= 4 is 11.9 Å². The van der Waals surface area contributed by atoms with Crippen molar-refractivity contribution in [3.8, 4) is 0 Å². The topological polar surface area (TPSA) is 95.9 Å². The molecule has 0 heterocycles. The van der Waals surface area contributed by atoms with Crippen molar-refractivity contribution in [3.05, 3.63) is 24.3 Å². The Hall–Kier alpha value is -1.66. The molecule has 2 unspecified atom stereocenters. The van der Waals surface area contributed by atoms with E-state index in [1.807, 2.05) is 0 Å². The smallest absolute Gasteiger partial charge is 0.305 e. The highest BCUT2D eigenvalue weighted by Gasteiger charge is 2.20. The molecule has 0 spiro atoms. The van der Waals surface area contributed by atoms with Gasteiger partial charge in [-0.2, -0.15) is 0 Å². The third-order valence-electron chi connectivity index (χ3n) is 14.0. The van der Waals surface area contributed by atoms with Crippen LogP contribution in [0.1, 0.15) is 328 Å². The van der Waals surface area contributed by atoms with Gasteiger partial charge in [-0.15, -0.1) is 0 Å². The third-order valence-corrected chi connectivity index (χ3v) is 14.0. The van der Waals surface area contributed by atoms with Gasteiger partial charge in [0, 0.05) is 12.8 Å². The van der Waals surface area contributed by atoms with Crippen molar-refractivity contribution in [2.45, 2.75) is 341 Å². The summed E-state index contributed by atoms with van der Waals surface area (Å²) in [4.78, 5) is 24.6. The summed E-state index contributed by atoms with van der Waals surface area (Å²) in [7, 11) is 0. The number of esters is 1. The second-order valence-electron chi connectivity index (χ2n) is 20.7. The van der Waals surface area contributed by atoms with Gasteiger partial charge in [0.2, 0.25) is 5.91 Å². The highest BCUT2D eigenvalue weighted by molar-refractivity contribution is 5.76. The van der Waals surface area contributed by atoms with Crippen molar-refractivity contribution in [1.82, 2.24) is 5.32 Å². The van der Waals surface area contributed by atoms with E-state index in [0.29, 0.717) is 25.9 Å². The van der Waals surface area contributed by atoms with E-state index >= 15 is 0 Å². The lowest BCUT2D eigenvalue weighted by Gasteiger charge is -2.22. The van der Waals surface area contributed by atoms with E-state index in [2.05, 4.69) is 43.5 Å². The predicted molar refractivity (Wildman–Crippen MR) is 292 cm³/mol. The number of hydrogen-bond donors (Lipinski definition) is 3. The largest absolute Gasteiger partial charge is 0.466 e. The van der Waals surface area contributed by atoms with Gasteiger partial charge >= 0.3 is 5.97 Å². The van der Waals surface area contributed by atoms with Gasteiger partial charge in [0.05, 0.1) is 25.4 Å². The van der Waals surface area contributed by atoms with Crippen molar-refractivity contribution < 1.29 is 24.5 Å². The van der Waals surface area contributed by atoms with Crippen LogP contribution >= 0.6 is 0 Å². The Labute approximate surface area is 418 Å². The summed E-state index contributed by atoms with van der Waals surface area (Å²) in [5.41, 5.74) is 0. The molecule has 6 heteroatoms. The maximum absolute atomic E-state index is 12.5. The minimum Gasteiger partial charge on any atom is -0.466 e. The van der Waals surface area contributed by atoms with Crippen molar-refractivity contribution in [2.24, 2.45) is 0 Å². The van der Waals surface area contributed by atoms with Gasteiger partial charge in [-0.1, -0.05) is 269 Å². The summed E-state index contributed by atoms with van der Waals surface area (Å²) in [5.74, 6) is -0.135. The Morgan fingerprint density at radius 3 is 1.09 bits per heavy atom. The second-order valence-corrected chi connectivity index (χ2v) is 20.7. The van der Waals surface area contributed by atoms with E-state index in [-0.39, 0.29) is 18.5 Å². The number of rotatable bonds is 56. The number of aliphatic hydroxyl groups is 2. The van der Waals surface area contributed by atoms with Crippen molar-refractivity contribution in [1.29, 1.82) is 0 Å². The Balaban J connectivity index is 3.50. The number of hydrogen-bond acceptors (Lipinski definition) is 5. The van der Waals surface area contributed by atoms with Gasteiger partial charge in [-0.05, 0) is 70.6 Å². The van der Waals surface area contributed by atoms with Crippen LogP contribution in [-0.4, -0.2) is 47.4 Å². The summed E-state index contributed by atoms with van der Waals surface area (Å²) < 4.78 is 5.45. The van der Waals surface area contributed by atoms with Gasteiger partial charge in [-0.3, -0.25) is 9.59 Å². The number of aliphatic hydroxyl groups excluding tert-OH is 2. The monoisotopic (exact) mass is 944 g/mol. The van der Waals surface area contributed by atoms with E-state index in [4.69, 9.17) is 4.74 Å². The van der Waals surface area contributed by atoms with Crippen LogP contribution in [0.2, 0.25) is 0 Å². The van der Waals surface area contributed by atoms with Gasteiger partial charge in [-0.25, -0.2) is 0 Å². The molecule has 0 saturated heterocycles. The van der Waals surface area contributed by atoms with E-state index in [0.717, 1.165) is 70.6 Å².